The van der Waals surface area contributed by atoms with Gasteiger partial charge in [-0.3, -0.25) is 24.6 Å². The van der Waals surface area contributed by atoms with Gasteiger partial charge in [0.2, 0.25) is 5.91 Å². The van der Waals surface area contributed by atoms with Gasteiger partial charge in [0.25, 0.3) is 11.6 Å². The first kappa shape index (κ1) is 20.5. The van der Waals surface area contributed by atoms with Gasteiger partial charge in [-0.25, -0.2) is 0 Å². The molecule has 2 amide bonds. The number of carbonyl (C=O) groups excluding carboxylic acids is 2. The molecule has 8 heteroatoms. The predicted octanol–water partition coefficient (Wildman–Crippen LogP) is 2.61. The molecule has 0 aliphatic carbocycles. The van der Waals surface area contributed by atoms with Gasteiger partial charge >= 0.3 is 0 Å². The number of nitro groups is 1. The standard InChI is InChI=1S/C21H24N4O4/c1-15-5-3-8-19(16(15)2)22-20(26)14-23-9-11-24(12-10-23)21(27)17-6-4-7-18(13-17)25(28)29/h3-8,13H,9-12,14H2,1-2H3,(H,22,26). The van der Waals surface area contributed by atoms with Crippen LogP contribution >= 0.6 is 0 Å². The zero-order valence-corrected chi connectivity index (χ0v) is 16.6. The molecule has 0 radical (unpaired) electrons. The van der Waals surface area contributed by atoms with E-state index in [9.17, 15) is 19.7 Å². The van der Waals surface area contributed by atoms with Crippen LogP contribution in [0, 0.1) is 24.0 Å². The number of hydrogen-bond donors (Lipinski definition) is 1. The third kappa shape index (κ3) is 4.97. The minimum Gasteiger partial charge on any atom is -0.336 e. The van der Waals surface area contributed by atoms with Gasteiger partial charge in [0.15, 0.2) is 0 Å². The van der Waals surface area contributed by atoms with Crippen molar-refractivity contribution in [3.05, 3.63) is 69.3 Å². The van der Waals surface area contributed by atoms with Crippen LogP contribution in [0.1, 0.15) is 21.5 Å². The molecule has 0 atom stereocenters. The van der Waals surface area contributed by atoms with Gasteiger partial charge in [-0.15, -0.1) is 0 Å². The van der Waals surface area contributed by atoms with Crippen molar-refractivity contribution >= 4 is 23.2 Å². The number of piperazine rings is 1. The number of amides is 2. The van der Waals surface area contributed by atoms with Crippen LogP contribution in [0.25, 0.3) is 0 Å². The van der Waals surface area contributed by atoms with Crippen LogP contribution in [0.4, 0.5) is 11.4 Å². The van der Waals surface area contributed by atoms with E-state index < -0.39 is 4.92 Å². The van der Waals surface area contributed by atoms with Crippen LogP contribution in [-0.4, -0.2) is 59.3 Å². The minimum absolute atomic E-state index is 0.0860. The first-order valence-electron chi connectivity index (χ1n) is 9.47. The second-order valence-corrected chi connectivity index (χ2v) is 7.17. The number of carbonyl (C=O) groups is 2. The van der Waals surface area contributed by atoms with E-state index in [-0.39, 0.29) is 24.0 Å². The summed E-state index contributed by atoms with van der Waals surface area (Å²) in [6.07, 6.45) is 0. The van der Waals surface area contributed by atoms with E-state index in [0.717, 1.165) is 16.8 Å². The molecular weight excluding hydrogens is 372 g/mol. The largest absolute Gasteiger partial charge is 0.336 e. The highest BCUT2D eigenvalue weighted by Gasteiger charge is 2.24. The fourth-order valence-corrected chi connectivity index (χ4v) is 3.32. The smallest absolute Gasteiger partial charge is 0.270 e. The molecule has 1 aliphatic heterocycles. The second-order valence-electron chi connectivity index (χ2n) is 7.17. The monoisotopic (exact) mass is 396 g/mol. The lowest BCUT2D eigenvalue weighted by Gasteiger charge is -2.34. The van der Waals surface area contributed by atoms with E-state index in [2.05, 4.69) is 5.32 Å². The Hall–Kier alpha value is -3.26. The van der Waals surface area contributed by atoms with E-state index in [4.69, 9.17) is 0 Å². The van der Waals surface area contributed by atoms with Crippen molar-refractivity contribution in [1.29, 1.82) is 0 Å². The van der Waals surface area contributed by atoms with Crippen molar-refractivity contribution in [3.8, 4) is 0 Å². The van der Waals surface area contributed by atoms with Crippen LogP contribution in [0.5, 0.6) is 0 Å². The number of benzene rings is 2. The summed E-state index contributed by atoms with van der Waals surface area (Å²) in [6.45, 7) is 6.32. The molecule has 1 N–H and O–H groups in total. The number of anilines is 1. The number of non-ortho nitro benzene ring substituents is 1. The number of nitro benzene ring substituents is 1. The van der Waals surface area contributed by atoms with Gasteiger partial charge in [0.1, 0.15) is 0 Å². The molecule has 2 aromatic rings. The molecule has 152 valence electrons. The maximum Gasteiger partial charge on any atom is 0.270 e. The molecule has 1 heterocycles. The van der Waals surface area contributed by atoms with Crippen molar-refractivity contribution in [2.75, 3.05) is 38.0 Å². The number of rotatable bonds is 5. The SMILES string of the molecule is Cc1cccc(NC(=O)CN2CCN(C(=O)c3cccc([N+](=O)[O-])c3)CC2)c1C. The fourth-order valence-electron chi connectivity index (χ4n) is 3.32. The Morgan fingerprint density at radius 3 is 2.45 bits per heavy atom. The summed E-state index contributed by atoms with van der Waals surface area (Å²) < 4.78 is 0. The quantitative estimate of drug-likeness (QED) is 0.619. The van der Waals surface area contributed by atoms with Gasteiger partial charge in [0.05, 0.1) is 11.5 Å². The van der Waals surface area contributed by atoms with Crippen molar-refractivity contribution in [1.82, 2.24) is 9.80 Å². The molecule has 0 saturated carbocycles. The highest BCUT2D eigenvalue weighted by atomic mass is 16.6. The van der Waals surface area contributed by atoms with E-state index in [1.54, 1.807) is 11.0 Å². The highest BCUT2D eigenvalue weighted by Crippen LogP contribution is 2.18. The molecule has 3 rings (SSSR count). The summed E-state index contributed by atoms with van der Waals surface area (Å²) in [5, 5.41) is 13.9. The number of nitrogens with one attached hydrogen (secondary N) is 1. The molecule has 2 aromatic carbocycles. The van der Waals surface area contributed by atoms with Gasteiger partial charge in [-0.1, -0.05) is 18.2 Å². The Labute approximate surface area is 169 Å². The molecule has 0 spiro atoms. The molecule has 29 heavy (non-hydrogen) atoms. The topological polar surface area (TPSA) is 95.8 Å². The minimum atomic E-state index is -0.511. The summed E-state index contributed by atoms with van der Waals surface area (Å²) in [5.74, 6) is -0.314. The average Bonchev–Trinajstić information content (AvgIpc) is 2.71. The Balaban J connectivity index is 1.53. The first-order chi connectivity index (χ1) is 13.8. The third-order valence-corrected chi connectivity index (χ3v) is 5.21. The summed E-state index contributed by atoms with van der Waals surface area (Å²) in [6, 6.07) is 11.6. The van der Waals surface area contributed by atoms with E-state index >= 15 is 0 Å². The second kappa shape index (κ2) is 8.83. The summed E-state index contributed by atoms with van der Waals surface area (Å²) >= 11 is 0. The van der Waals surface area contributed by atoms with Crippen LogP contribution in [0.3, 0.4) is 0 Å². The van der Waals surface area contributed by atoms with Crippen LogP contribution in [0.2, 0.25) is 0 Å². The number of hydrogen-bond acceptors (Lipinski definition) is 5. The fraction of sp³-hybridized carbons (Fsp3) is 0.333. The Morgan fingerprint density at radius 1 is 1.07 bits per heavy atom. The zero-order valence-electron chi connectivity index (χ0n) is 16.6. The Kier molecular flexibility index (Phi) is 6.23. The summed E-state index contributed by atoms with van der Waals surface area (Å²) in [5.41, 5.74) is 3.19. The van der Waals surface area contributed by atoms with Crippen LogP contribution < -0.4 is 5.32 Å². The van der Waals surface area contributed by atoms with E-state index in [1.165, 1.54) is 18.2 Å². The molecule has 0 unspecified atom stereocenters. The maximum atomic E-state index is 12.6. The average molecular weight is 396 g/mol. The van der Waals surface area contributed by atoms with Crippen molar-refractivity contribution in [2.45, 2.75) is 13.8 Å². The molecule has 0 aromatic heterocycles. The molecular formula is C21H24N4O4. The highest BCUT2D eigenvalue weighted by molar-refractivity contribution is 5.95. The lowest BCUT2D eigenvalue weighted by atomic mass is 10.1. The lowest BCUT2D eigenvalue weighted by Crippen LogP contribution is -2.50. The van der Waals surface area contributed by atoms with Gasteiger partial charge in [-0.05, 0) is 37.1 Å². The third-order valence-electron chi connectivity index (χ3n) is 5.21. The molecule has 8 nitrogen and oxygen atoms in total. The number of nitrogens with zero attached hydrogens (tertiary/aromatic N) is 3. The lowest BCUT2D eigenvalue weighted by molar-refractivity contribution is -0.384. The van der Waals surface area contributed by atoms with Gasteiger partial charge in [0, 0.05) is 49.6 Å². The van der Waals surface area contributed by atoms with Crippen molar-refractivity contribution in [3.63, 3.8) is 0 Å². The van der Waals surface area contributed by atoms with Crippen LogP contribution in [-0.2, 0) is 4.79 Å². The predicted molar refractivity (Wildman–Crippen MR) is 110 cm³/mol. The van der Waals surface area contributed by atoms with Crippen molar-refractivity contribution < 1.29 is 14.5 Å². The van der Waals surface area contributed by atoms with Crippen molar-refractivity contribution in [2.24, 2.45) is 0 Å². The normalized spacial score (nSPS) is 14.5. The molecule has 0 bridgehead atoms. The molecule has 1 saturated heterocycles. The van der Waals surface area contributed by atoms with Gasteiger partial charge < -0.3 is 10.2 Å². The first-order valence-corrected chi connectivity index (χ1v) is 9.47. The number of aryl methyl sites for hydroxylation is 1. The molecule has 1 fully saturated rings. The van der Waals surface area contributed by atoms with E-state index in [0.29, 0.717) is 31.7 Å². The van der Waals surface area contributed by atoms with Crippen LogP contribution in [0.15, 0.2) is 42.5 Å². The molecule has 1 aliphatic rings. The Bertz CT molecular complexity index is 936. The van der Waals surface area contributed by atoms with Gasteiger partial charge in [-0.2, -0.15) is 0 Å². The van der Waals surface area contributed by atoms with E-state index in [1.807, 2.05) is 36.9 Å². The Morgan fingerprint density at radius 2 is 1.76 bits per heavy atom. The summed E-state index contributed by atoms with van der Waals surface area (Å²) in [7, 11) is 0. The zero-order chi connectivity index (χ0) is 21.0. The summed E-state index contributed by atoms with van der Waals surface area (Å²) in [4.78, 5) is 39.1. The maximum absolute atomic E-state index is 12.6.